The lowest BCUT2D eigenvalue weighted by Crippen LogP contribution is -2.24. The number of carbonyl (C=O) groups is 1. The van der Waals surface area contributed by atoms with Crippen molar-refractivity contribution >= 4 is 22.1 Å². The van der Waals surface area contributed by atoms with Crippen molar-refractivity contribution in [3.8, 4) is 0 Å². The van der Waals surface area contributed by atoms with Crippen molar-refractivity contribution in [1.29, 1.82) is 0 Å². The van der Waals surface area contributed by atoms with Crippen molar-refractivity contribution in [2.45, 2.75) is 31.9 Å². The van der Waals surface area contributed by atoms with E-state index < -0.39 is 15.3 Å². The second-order valence-electron chi connectivity index (χ2n) is 6.74. The Bertz CT molecular complexity index is 960. The molecule has 0 fully saturated rings. The van der Waals surface area contributed by atoms with Crippen molar-refractivity contribution in [3.63, 3.8) is 0 Å². The number of aliphatic imine (C=N–C) groups is 1. The number of nitrogens with zero attached hydrogens (tertiary/aromatic N) is 2. The predicted octanol–water partition coefficient (Wildman–Crippen LogP) is 2.74. The minimum Gasteiger partial charge on any atom is -0.352 e. The van der Waals surface area contributed by atoms with E-state index in [9.17, 15) is 13.2 Å². The molecule has 0 aromatic carbocycles. The van der Waals surface area contributed by atoms with Crippen LogP contribution >= 0.6 is 0 Å². The van der Waals surface area contributed by atoms with Crippen LogP contribution in [-0.4, -0.2) is 44.4 Å². The zero-order valence-corrected chi connectivity index (χ0v) is 18.5. The molecule has 0 aliphatic rings. The molecule has 3 N–H and O–H groups in total. The van der Waals surface area contributed by atoms with Gasteiger partial charge in [-0.3, -0.25) is 14.8 Å². The highest BCUT2D eigenvalue weighted by atomic mass is 32.2. The van der Waals surface area contributed by atoms with E-state index in [0.29, 0.717) is 36.2 Å². The van der Waals surface area contributed by atoms with Gasteiger partial charge in [0.25, 0.3) is 5.91 Å². The number of hydrogen-bond acceptors (Lipinski definition) is 5. The molecule has 8 heteroatoms. The number of nitrogens with one attached hydrogen (secondary N) is 1. The molecule has 0 radical (unpaired) electrons. The number of sulfonamides is 1. The summed E-state index contributed by atoms with van der Waals surface area (Å²) in [6.07, 6.45) is 13.1. The Labute approximate surface area is 179 Å². The van der Waals surface area contributed by atoms with E-state index >= 15 is 0 Å². The average Bonchev–Trinajstić information content (AvgIpc) is 2.67. The van der Waals surface area contributed by atoms with Crippen molar-refractivity contribution < 1.29 is 13.2 Å². The molecule has 0 aliphatic heterocycles. The van der Waals surface area contributed by atoms with Crippen molar-refractivity contribution in [2.24, 2.45) is 10.1 Å². The molecule has 1 amide bonds. The predicted molar refractivity (Wildman–Crippen MR) is 123 cm³/mol. The van der Waals surface area contributed by atoms with E-state index in [1.54, 1.807) is 49.8 Å². The maximum Gasteiger partial charge on any atom is 0.251 e. The van der Waals surface area contributed by atoms with Gasteiger partial charge >= 0.3 is 0 Å². The standard InChI is InChI=1S/C22H30N4O3S/c1-5-6-11-26-22(27)20-10-12-25-21(15-20)14-19(13-18(3)30(23,28)29)9-7-8-17(2)16-24-4/h5,7-10,12-13,15-16,18H,1,6,11,14H2,2-4H3,(H,26,27)(H2,23,28,29)/b9-7+,17-8-,19-13+,24-16-. The Morgan fingerprint density at radius 1 is 1.43 bits per heavy atom. The molecule has 1 unspecified atom stereocenters. The van der Waals surface area contributed by atoms with Gasteiger partial charge in [-0.05, 0) is 43.5 Å². The molecular formula is C22H30N4O3S. The number of primary sulfonamides is 1. The van der Waals surface area contributed by atoms with E-state index in [2.05, 4.69) is 21.9 Å². The van der Waals surface area contributed by atoms with Gasteiger partial charge < -0.3 is 5.32 Å². The summed E-state index contributed by atoms with van der Waals surface area (Å²) in [5.74, 6) is -0.197. The van der Waals surface area contributed by atoms with Gasteiger partial charge in [0.2, 0.25) is 10.0 Å². The smallest absolute Gasteiger partial charge is 0.251 e. The number of amides is 1. The number of allylic oxidation sites excluding steroid dienone is 5. The van der Waals surface area contributed by atoms with Crippen LogP contribution < -0.4 is 10.5 Å². The van der Waals surface area contributed by atoms with Gasteiger partial charge in [0.15, 0.2) is 0 Å². The Morgan fingerprint density at radius 3 is 2.80 bits per heavy atom. The molecule has 1 atom stereocenters. The molecule has 162 valence electrons. The fourth-order valence-electron chi connectivity index (χ4n) is 2.45. The summed E-state index contributed by atoms with van der Waals surface area (Å²) in [5, 5.41) is 7.21. The first kappa shape index (κ1) is 25.2. The fourth-order valence-corrected chi connectivity index (χ4v) is 2.82. The van der Waals surface area contributed by atoms with Crippen LogP contribution in [0.3, 0.4) is 0 Å². The van der Waals surface area contributed by atoms with Gasteiger partial charge in [0, 0.05) is 43.7 Å². The maximum absolute atomic E-state index is 12.3. The summed E-state index contributed by atoms with van der Waals surface area (Å²) in [6.45, 7) is 7.56. The van der Waals surface area contributed by atoms with Gasteiger partial charge in [0.1, 0.15) is 0 Å². The fraction of sp³-hybridized carbons (Fsp3) is 0.318. The lowest BCUT2D eigenvalue weighted by atomic mass is 10.1. The summed E-state index contributed by atoms with van der Waals surface area (Å²) in [6, 6.07) is 3.33. The number of aromatic nitrogens is 1. The summed E-state index contributed by atoms with van der Waals surface area (Å²) in [4.78, 5) is 20.5. The Balaban J connectivity index is 3.12. The van der Waals surface area contributed by atoms with Crippen LogP contribution in [0.25, 0.3) is 0 Å². The second-order valence-corrected chi connectivity index (χ2v) is 8.66. The van der Waals surface area contributed by atoms with E-state index in [-0.39, 0.29) is 5.91 Å². The zero-order chi connectivity index (χ0) is 22.6. The normalized spacial score (nSPS) is 14.3. The number of rotatable bonds is 11. The molecule has 0 bridgehead atoms. The summed E-state index contributed by atoms with van der Waals surface area (Å²) >= 11 is 0. The molecule has 1 aromatic heterocycles. The quantitative estimate of drug-likeness (QED) is 0.243. The monoisotopic (exact) mass is 430 g/mol. The van der Waals surface area contributed by atoms with Crippen molar-refractivity contribution in [2.75, 3.05) is 13.6 Å². The van der Waals surface area contributed by atoms with Crippen LogP contribution in [-0.2, 0) is 16.4 Å². The summed E-state index contributed by atoms with van der Waals surface area (Å²) in [7, 11) is -2.03. The first-order valence-corrected chi connectivity index (χ1v) is 11.1. The lowest BCUT2D eigenvalue weighted by Gasteiger charge is -2.09. The molecular weight excluding hydrogens is 400 g/mol. The third-order valence-corrected chi connectivity index (χ3v) is 5.24. The SMILES string of the molecule is C=CCCNC(=O)c1ccnc(CC(=C/C(C)S(N)(=O)=O)/C=C/C=C(C)\C=N/C)c1. The number of carbonyl (C=O) groups excluding carboxylic acids is 1. The van der Waals surface area contributed by atoms with Crippen LogP contribution in [0.15, 0.2) is 71.4 Å². The Kier molecular flexibility index (Phi) is 10.6. The van der Waals surface area contributed by atoms with Crippen LogP contribution in [0.2, 0.25) is 0 Å². The summed E-state index contributed by atoms with van der Waals surface area (Å²) in [5.41, 5.74) is 2.79. The molecule has 1 rings (SSSR count). The van der Waals surface area contributed by atoms with E-state index in [0.717, 1.165) is 5.57 Å². The highest BCUT2D eigenvalue weighted by Gasteiger charge is 2.14. The van der Waals surface area contributed by atoms with Crippen LogP contribution in [0.4, 0.5) is 0 Å². The van der Waals surface area contributed by atoms with Gasteiger partial charge in [-0.15, -0.1) is 6.58 Å². The van der Waals surface area contributed by atoms with Gasteiger partial charge in [-0.25, -0.2) is 13.6 Å². The van der Waals surface area contributed by atoms with Gasteiger partial charge in [-0.1, -0.05) is 30.4 Å². The molecule has 1 aromatic rings. The van der Waals surface area contributed by atoms with E-state index in [4.69, 9.17) is 5.14 Å². The highest BCUT2D eigenvalue weighted by molar-refractivity contribution is 7.89. The van der Waals surface area contributed by atoms with Crippen LogP contribution in [0, 0.1) is 0 Å². The third kappa shape index (κ3) is 9.58. The van der Waals surface area contributed by atoms with E-state index in [1.165, 1.54) is 6.92 Å². The molecule has 0 saturated heterocycles. The molecule has 7 nitrogen and oxygen atoms in total. The molecule has 30 heavy (non-hydrogen) atoms. The molecule has 0 aliphatic carbocycles. The van der Waals surface area contributed by atoms with Crippen molar-refractivity contribution in [1.82, 2.24) is 10.3 Å². The number of pyridine rings is 1. The highest BCUT2D eigenvalue weighted by Crippen LogP contribution is 2.13. The van der Waals surface area contributed by atoms with Crippen LogP contribution in [0.5, 0.6) is 0 Å². The largest absolute Gasteiger partial charge is 0.352 e. The number of nitrogens with two attached hydrogens (primary N) is 1. The second kappa shape index (κ2) is 12.7. The Morgan fingerprint density at radius 2 is 2.17 bits per heavy atom. The first-order chi connectivity index (χ1) is 14.2. The molecule has 1 heterocycles. The summed E-state index contributed by atoms with van der Waals surface area (Å²) < 4.78 is 23.3. The molecule has 0 saturated carbocycles. The minimum absolute atomic E-state index is 0.197. The molecule has 0 spiro atoms. The van der Waals surface area contributed by atoms with Crippen molar-refractivity contribution in [3.05, 3.63) is 77.7 Å². The maximum atomic E-state index is 12.3. The minimum atomic E-state index is -3.71. The van der Waals surface area contributed by atoms with E-state index in [1.807, 2.05) is 19.1 Å². The van der Waals surface area contributed by atoms with Crippen LogP contribution in [0.1, 0.15) is 36.3 Å². The third-order valence-electron chi connectivity index (χ3n) is 4.07. The lowest BCUT2D eigenvalue weighted by molar-refractivity contribution is 0.0954. The average molecular weight is 431 g/mol. The number of hydrogen-bond donors (Lipinski definition) is 2. The first-order valence-electron chi connectivity index (χ1n) is 9.50. The van der Waals surface area contributed by atoms with Gasteiger partial charge in [0.05, 0.1) is 5.25 Å². The zero-order valence-electron chi connectivity index (χ0n) is 17.7. The Hall–Kier alpha value is -2.84. The topological polar surface area (TPSA) is 115 Å². The van der Waals surface area contributed by atoms with Gasteiger partial charge in [-0.2, -0.15) is 0 Å².